The molecule has 2 aromatic rings. The molecule has 98 valence electrons. The van der Waals surface area contributed by atoms with Gasteiger partial charge in [0.15, 0.2) is 0 Å². The van der Waals surface area contributed by atoms with Crippen LogP contribution in [0.3, 0.4) is 0 Å². The van der Waals surface area contributed by atoms with E-state index in [1.54, 1.807) is 12.1 Å². The van der Waals surface area contributed by atoms with Gasteiger partial charge in [-0.15, -0.1) is 0 Å². The van der Waals surface area contributed by atoms with Crippen LogP contribution >= 0.6 is 0 Å². The quantitative estimate of drug-likeness (QED) is 0.827. The highest BCUT2D eigenvalue weighted by molar-refractivity contribution is 5.47. The predicted molar refractivity (Wildman–Crippen MR) is 75.7 cm³/mol. The molecule has 0 spiro atoms. The van der Waals surface area contributed by atoms with E-state index in [4.69, 9.17) is 4.74 Å². The molecule has 1 aliphatic rings. The van der Waals surface area contributed by atoms with Crippen LogP contribution in [0.1, 0.15) is 18.1 Å². The number of phenols is 1. The van der Waals surface area contributed by atoms with Crippen molar-refractivity contribution in [2.75, 3.05) is 5.32 Å². The summed E-state index contributed by atoms with van der Waals surface area (Å²) in [6.45, 7) is 2.86. The molecule has 0 fully saturated rings. The highest BCUT2D eigenvalue weighted by Gasteiger charge is 2.18. The third kappa shape index (κ3) is 2.65. The number of rotatable bonds is 3. The fourth-order valence-electron chi connectivity index (χ4n) is 2.37. The molecule has 1 atom stereocenters. The van der Waals surface area contributed by atoms with Gasteiger partial charge >= 0.3 is 0 Å². The molecule has 0 saturated heterocycles. The SMILES string of the molecule is CC1Cc2cc(CNc3ccc(O)cc3)ccc2O1. The first kappa shape index (κ1) is 11.9. The van der Waals surface area contributed by atoms with Crippen molar-refractivity contribution >= 4 is 5.69 Å². The van der Waals surface area contributed by atoms with Gasteiger partial charge in [-0.2, -0.15) is 0 Å². The van der Waals surface area contributed by atoms with Crippen LogP contribution in [-0.2, 0) is 13.0 Å². The van der Waals surface area contributed by atoms with Gasteiger partial charge in [0.25, 0.3) is 0 Å². The van der Waals surface area contributed by atoms with Gasteiger partial charge in [-0.1, -0.05) is 12.1 Å². The highest BCUT2D eigenvalue weighted by Crippen LogP contribution is 2.29. The van der Waals surface area contributed by atoms with E-state index in [2.05, 4.69) is 24.4 Å². The topological polar surface area (TPSA) is 41.5 Å². The van der Waals surface area contributed by atoms with E-state index in [1.807, 2.05) is 18.2 Å². The molecule has 0 aliphatic carbocycles. The van der Waals surface area contributed by atoms with E-state index >= 15 is 0 Å². The maximum atomic E-state index is 9.23. The molecule has 2 aromatic carbocycles. The Morgan fingerprint density at radius 1 is 1.21 bits per heavy atom. The van der Waals surface area contributed by atoms with Crippen LogP contribution in [0.15, 0.2) is 42.5 Å². The Kier molecular flexibility index (Phi) is 3.03. The molecule has 0 radical (unpaired) electrons. The van der Waals surface area contributed by atoms with Crippen molar-refractivity contribution in [3.05, 3.63) is 53.6 Å². The first-order chi connectivity index (χ1) is 9.20. The minimum atomic E-state index is 0.286. The van der Waals surface area contributed by atoms with Gasteiger partial charge in [-0.25, -0.2) is 0 Å². The monoisotopic (exact) mass is 255 g/mol. The summed E-state index contributed by atoms with van der Waals surface area (Å²) < 4.78 is 5.69. The number of phenolic OH excluding ortho intramolecular Hbond substituents is 1. The summed E-state index contributed by atoms with van der Waals surface area (Å²) in [6, 6.07) is 13.4. The molecule has 0 bridgehead atoms. The van der Waals surface area contributed by atoms with Crippen molar-refractivity contribution in [2.45, 2.75) is 26.0 Å². The molecular weight excluding hydrogens is 238 g/mol. The number of benzene rings is 2. The number of hydrogen-bond donors (Lipinski definition) is 2. The Hall–Kier alpha value is -2.16. The molecule has 0 aromatic heterocycles. The standard InChI is InChI=1S/C16H17NO2/c1-11-8-13-9-12(2-7-16(13)19-11)10-17-14-3-5-15(18)6-4-14/h2-7,9,11,17-18H,8,10H2,1H3. The van der Waals surface area contributed by atoms with Crippen molar-refractivity contribution in [1.29, 1.82) is 0 Å². The Labute approximate surface area is 112 Å². The van der Waals surface area contributed by atoms with Crippen LogP contribution in [0.5, 0.6) is 11.5 Å². The number of fused-ring (bicyclic) bond motifs is 1. The minimum absolute atomic E-state index is 0.286. The molecule has 1 heterocycles. The van der Waals surface area contributed by atoms with E-state index in [0.717, 1.165) is 24.4 Å². The smallest absolute Gasteiger partial charge is 0.123 e. The van der Waals surface area contributed by atoms with Crippen LogP contribution in [-0.4, -0.2) is 11.2 Å². The average Bonchev–Trinajstić information content (AvgIpc) is 2.77. The number of aromatic hydroxyl groups is 1. The summed E-state index contributed by atoms with van der Waals surface area (Å²) in [4.78, 5) is 0. The predicted octanol–water partition coefficient (Wildman–Crippen LogP) is 3.33. The summed E-state index contributed by atoms with van der Waals surface area (Å²) in [5, 5.41) is 12.6. The van der Waals surface area contributed by atoms with E-state index in [-0.39, 0.29) is 11.9 Å². The molecule has 2 N–H and O–H groups in total. The van der Waals surface area contributed by atoms with Crippen molar-refractivity contribution in [3.8, 4) is 11.5 Å². The first-order valence-electron chi connectivity index (χ1n) is 6.52. The van der Waals surface area contributed by atoms with E-state index in [9.17, 15) is 5.11 Å². The number of hydrogen-bond acceptors (Lipinski definition) is 3. The molecule has 19 heavy (non-hydrogen) atoms. The zero-order valence-corrected chi connectivity index (χ0v) is 10.9. The molecular formula is C16H17NO2. The Bertz CT molecular complexity index is 578. The number of nitrogens with one attached hydrogen (secondary N) is 1. The Balaban J connectivity index is 1.68. The van der Waals surface area contributed by atoms with Crippen LogP contribution < -0.4 is 10.1 Å². The second kappa shape index (κ2) is 4.84. The van der Waals surface area contributed by atoms with Gasteiger partial charge in [0.2, 0.25) is 0 Å². The summed E-state index contributed by atoms with van der Waals surface area (Å²) in [5.74, 6) is 1.30. The lowest BCUT2D eigenvalue weighted by Crippen LogP contribution is -2.05. The highest BCUT2D eigenvalue weighted by atomic mass is 16.5. The van der Waals surface area contributed by atoms with Gasteiger partial charge in [-0.05, 0) is 48.4 Å². The zero-order chi connectivity index (χ0) is 13.2. The van der Waals surface area contributed by atoms with E-state index < -0.39 is 0 Å². The van der Waals surface area contributed by atoms with Crippen LogP contribution in [0, 0.1) is 0 Å². The lowest BCUT2D eigenvalue weighted by Gasteiger charge is -2.08. The van der Waals surface area contributed by atoms with E-state index in [1.165, 1.54) is 11.1 Å². The third-order valence-corrected chi connectivity index (χ3v) is 3.32. The molecule has 3 nitrogen and oxygen atoms in total. The summed E-state index contributed by atoms with van der Waals surface area (Å²) >= 11 is 0. The van der Waals surface area contributed by atoms with Crippen LogP contribution in [0.2, 0.25) is 0 Å². The second-order valence-electron chi connectivity index (χ2n) is 4.98. The molecule has 0 saturated carbocycles. The molecule has 0 amide bonds. The lowest BCUT2D eigenvalue weighted by atomic mass is 10.1. The average molecular weight is 255 g/mol. The number of ether oxygens (including phenoxy) is 1. The van der Waals surface area contributed by atoms with Crippen molar-refractivity contribution in [3.63, 3.8) is 0 Å². The van der Waals surface area contributed by atoms with Gasteiger partial charge in [0, 0.05) is 18.7 Å². The molecule has 3 rings (SSSR count). The Morgan fingerprint density at radius 3 is 2.79 bits per heavy atom. The third-order valence-electron chi connectivity index (χ3n) is 3.32. The van der Waals surface area contributed by atoms with Crippen molar-refractivity contribution in [2.24, 2.45) is 0 Å². The number of anilines is 1. The van der Waals surface area contributed by atoms with Gasteiger partial charge in [-0.3, -0.25) is 0 Å². The fraction of sp³-hybridized carbons (Fsp3) is 0.250. The molecule has 1 unspecified atom stereocenters. The Morgan fingerprint density at radius 2 is 2.00 bits per heavy atom. The largest absolute Gasteiger partial charge is 0.508 e. The van der Waals surface area contributed by atoms with Crippen molar-refractivity contribution in [1.82, 2.24) is 0 Å². The van der Waals surface area contributed by atoms with Gasteiger partial charge < -0.3 is 15.2 Å². The maximum Gasteiger partial charge on any atom is 0.123 e. The summed E-state index contributed by atoms with van der Waals surface area (Å²) in [7, 11) is 0. The minimum Gasteiger partial charge on any atom is -0.508 e. The normalized spacial score (nSPS) is 16.8. The lowest BCUT2D eigenvalue weighted by molar-refractivity contribution is 0.254. The molecule has 3 heteroatoms. The van der Waals surface area contributed by atoms with Gasteiger partial charge in [0.1, 0.15) is 17.6 Å². The maximum absolute atomic E-state index is 9.23. The van der Waals surface area contributed by atoms with Gasteiger partial charge in [0.05, 0.1) is 0 Å². The zero-order valence-electron chi connectivity index (χ0n) is 10.9. The fourth-order valence-corrected chi connectivity index (χ4v) is 2.37. The van der Waals surface area contributed by atoms with Crippen LogP contribution in [0.25, 0.3) is 0 Å². The molecule has 1 aliphatic heterocycles. The van der Waals surface area contributed by atoms with E-state index in [0.29, 0.717) is 0 Å². The summed E-state index contributed by atoms with van der Waals surface area (Å²) in [5.41, 5.74) is 3.53. The second-order valence-corrected chi connectivity index (χ2v) is 4.98. The van der Waals surface area contributed by atoms with Crippen molar-refractivity contribution < 1.29 is 9.84 Å². The first-order valence-corrected chi connectivity index (χ1v) is 6.52. The summed E-state index contributed by atoms with van der Waals surface area (Å²) in [6.07, 6.45) is 1.28. The van der Waals surface area contributed by atoms with Crippen LogP contribution in [0.4, 0.5) is 5.69 Å².